The number of carbonyl (C=O) groups is 1. The Bertz CT molecular complexity index is 808. The van der Waals surface area contributed by atoms with E-state index in [-0.39, 0.29) is 0 Å². The highest BCUT2D eigenvalue weighted by Gasteiger charge is 2.05. The van der Waals surface area contributed by atoms with Crippen molar-refractivity contribution in [1.82, 2.24) is 4.98 Å². The van der Waals surface area contributed by atoms with Gasteiger partial charge in [-0.25, -0.2) is 4.98 Å². The largest absolute Gasteiger partial charge is 0.366 e. The first-order chi connectivity index (χ1) is 10.7. The van der Waals surface area contributed by atoms with Crippen LogP contribution < -0.4 is 11.1 Å². The number of nitrogens with two attached hydrogens (primary N) is 1. The summed E-state index contributed by atoms with van der Waals surface area (Å²) in [5.41, 5.74) is 9.18. The normalized spacial score (nSPS) is 10.8. The van der Waals surface area contributed by atoms with Crippen molar-refractivity contribution < 1.29 is 4.79 Å². The van der Waals surface area contributed by atoms with Gasteiger partial charge in [-0.3, -0.25) is 4.79 Å². The number of aryl methyl sites for hydroxylation is 1. The minimum Gasteiger partial charge on any atom is -0.366 e. The van der Waals surface area contributed by atoms with Crippen LogP contribution in [0.1, 0.15) is 28.4 Å². The van der Waals surface area contributed by atoms with Crippen molar-refractivity contribution in [2.45, 2.75) is 19.9 Å². The van der Waals surface area contributed by atoms with Gasteiger partial charge in [0.2, 0.25) is 5.91 Å². The molecule has 1 aromatic heterocycles. The van der Waals surface area contributed by atoms with E-state index in [0.29, 0.717) is 12.1 Å². The fourth-order valence-electron chi connectivity index (χ4n) is 2.23. The lowest BCUT2D eigenvalue weighted by molar-refractivity contribution is 0.100. The number of nitrogens with one attached hydrogen (secondary N) is 1. The van der Waals surface area contributed by atoms with Gasteiger partial charge in [-0.2, -0.15) is 0 Å². The maximum atomic E-state index is 11.0. The van der Waals surface area contributed by atoms with Gasteiger partial charge in [-0.15, -0.1) is 0 Å². The van der Waals surface area contributed by atoms with Gasteiger partial charge in [0.05, 0.1) is 10.2 Å². The molecule has 0 aliphatic heterocycles. The Kier molecular flexibility index (Phi) is 4.06. The molecule has 3 rings (SSSR count). The van der Waals surface area contributed by atoms with E-state index in [1.54, 1.807) is 23.5 Å². The number of amides is 1. The highest BCUT2D eigenvalue weighted by molar-refractivity contribution is 7.22. The minimum absolute atomic E-state index is 0.405. The van der Waals surface area contributed by atoms with E-state index >= 15 is 0 Å². The zero-order valence-electron chi connectivity index (χ0n) is 12.3. The van der Waals surface area contributed by atoms with E-state index in [0.717, 1.165) is 22.6 Å². The summed E-state index contributed by atoms with van der Waals surface area (Å²) in [5.74, 6) is -0.405. The third-order valence-corrected chi connectivity index (χ3v) is 4.52. The zero-order chi connectivity index (χ0) is 15.5. The molecule has 0 aliphatic carbocycles. The molecule has 0 spiro atoms. The van der Waals surface area contributed by atoms with Gasteiger partial charge in [0.25, 0.3) is 0 Å². The molecule has 1 amide bonds. The number of hydrogen-bond donors (Lipinski definition) is 2. The average Bonchev–Trinajstić information content (AvgIpc) is 2.95. The van der Waals surface area contributed by atoms with Crippen molar-refractivity contribution >= 4 is 32.6 Å². The second-order valence-electron chi connectivity index (χ2n) is 5.09. The van der Waals surface area contributed by atoms with Crippen molar-refractivity contribution in [2.75, 3.05) is 5.32 Å². The maximum Gasteiger partial charge on any atom is 0.248 e. The van der Waals surface area contributed by atoms with Crippen LogP contribution in [0.4, 0.5) is 5.13 Å². The van der Waals surface area contributed by atoms with Crippen molar-refractivity contribution in [2.24, 2.45) is 5.73 Å². The number of aromatic nitrogens is 1. The Balaban J connectivity index is 1.71. The molecule has 5 heteroatoms. The monoisotopic (exact) mass is 311 g/mol. The number of nitrogens with zero attached hydrogens (tertiary/aromatic N) is 1. The number of thiazole rings is 1. The van der Waals surface area contributed by atoms with Gasteiger partial charge < -0.3 is 11.1 Å². The van der Waals surface area contributed by atoms with Crippen molar-refractivity contribution in [1.29, 1.82) is 0 Å². The number of hydrogen-bond acceptors (Lipinski definition) is 4. The number of primary amides is 1. The molecule has 3 N–H and O–H groups in total. The number of rotatable bonds is 5. The lowest BCUT2D eigenvalue weighted by Gasteiger charge is -2.03. The smallest absolute Gasteiger partial charge is 0.248 e. The van der Waals surface area contributed by atoms with E-state index in [1.165, 1.54) is 10.3 Å². The molecule has 4 nitrogen and oxygen atoms in total. The molecular weight excluding hydrogens is 294 g/mol. The molecule has 0 radical (unpaired) electrons. The standard InChI is InChI=1S/C17H17N3OS/c1-2-11-5-8-14-15(9-11)22-17(20-14)19-10-12-3-6-13(7-4-12)16(18)21/h3-9H,2,10H2,1H3,(H2,18,21)(H,19,20). The van der Waals surface area contributed by atoms with Gasteiger partial charge in [0, 0.05) is 12.1 Å². The third-order valence-electron chi connectivity index (χ3n) is 3.54. The molecule has 0 aliphatic rings. The highest BCUT2D eigenvalue weighted by Crippen LogP contribution is 2.27. The van der Waals surface area contributed by atoms with Crippen LogP contribution in [0.2, 0.25) is 0 Å². The minimum atomic E-state index is -0.405. The fraction of sp³-hybridized carbons (Fsp3) is 0.176. The SMILES string of the molecule is CCc1ccc2nc(NCc3ccc(C(N)=O)cc3)sc2c1. The van der Waals surface area contributed by atoms with E-state index in [9.17, 15) is 4.79 Å². The molecule has 1 heterocycles. The van der Waals surface area contributed by atoms with Gasteiger partial charge >= 0.3 is 0 Å². The summed E-state index contributed by atoms with van der Waals surface area (Å²) in [4.78, 5) is 15.6. The second-order valence-corrected chi connectivity index (χ2v) is 6.12. The van der Waals surface area contributed by atoms with Crippen LogP contribution in [0.3, 0.4) is 0 Å². The van der Waals surface area contributed by atoms with Crippen LogP contribution in [0.5, 0.6) is 0 Å². The summed E-state index contributed by atoms with van der Waals surface area (Å²) >= 11 is 1.66. The van der Waals surface area contributed by atoms with E-state index in [4.69, 9.17) is 5.73 Å². The van der Waals surface area contributed by atoms with Crippen molar-refractivity contribution in [3.8, 4) is 0 Å². The predicted molar refractivity (Wildman–Crippen MR) is 91.3 cm³/mol. The molecular formula is C17H17N3OS. The molecule has 0 bridgehead atoms. The molecule has 112 valence electrons. The quantitative estimate of drug-likeness (QED) is 0.757. The molecule has 0 saturated carbocycles. The maximum absolute atomic E-state index is 11.0. The number of fused-ring (bicyclic) bond motifs is 1. The molecule has 0 saturated heterocycles. The van der Waals surface area contributed by atoms with E-state index < -0.39 is 5.91 Å². The first kappa shape index (κ1) is 14.5. The van der Waals surface area contributed by atoms with Gasteiger partial charge in [0.15, 0.2) is 5.13 Å². The second kappa shape index (κ2) is 6.15. The van der Waals surface area contributed by atoms with Crippen molar-refractivity contribution in [3.05, 3.63) is 59.2 Å². The Morgan fingerprint density at radius 1 is 1.18 bits per heavy atom. The summed E-state index contributed by atoms with van der Waals surface area (Å²) in [5, 5.41) is 4.23. The van der Waals surface area contributed by atoms with E-state index in [2.05, 4.69) is 35.4 Å². The lowest BCUT2D eigenvalue weighted by Crippen LogP contribution is -2.10. The summed E-state index contributed by atoms with van der Waals surface area (Å²) in [6.45, 7) is 2.82. The number of anilines is 1. The molecule has 2 aromatic carbocycles. The third kappa shape index (κ3) is 3.09. The Hall–Kier alpha value is -2.40. The Labute approximate surface area is 133 Å². The topological polar surface area (TPSA) is 68.0 Å². The Morgan fingerprint density at radius 3 is 2.59 bits per heavy atom. The summed E-state index contributed by atoms with van der Waals surface area (Å²) in [6, 6.07) is 13.7. The van der Waals surface area contributed by atoms with Crippen LogP contribution in [0.25, 0.3) is 10.2 Å². The summed E-state index contributed by atoms with van der Waals surface area (Å²) < 4.78 is 1.20. The summed E-state index contributed by atoms with van der Waals surface area (Å²) in [7, 11) is 0. The van der Waals surface area contributed by atoms with Crippen LogP contribution in [0.15, 0.2) is 42.5 Å². The number of benzene rings is 2. The average molecular weight is 311 g/mol. The number of carbonyl (C=O) groups excluding carboxylic acids is 1. The van der Waals surface area contributed by atoms with Crippen LogP contribution in [-0.2, 0) is 13.0 Å². The first-order valence-electron chi connectivity index (χ1n) is 7.18. The van der Waals surface area contributed by atoms with Crippen LogP contribution in [-0.4, -0.2) is 10.9 Å². The molecule has 22 heavy (non-hydrogen) atoms. The fourth-order valence-corrected chi connectivity index (χ4v) is 3.15. The van der Waals surface area contributed by atoms with Crippen LogP contribution in [0, 0.1) is 0 Å². The van der Waals surface area contributed by atoms with Crippen molar-refractivity contribution in [3.63, 3.8) is 0 Å². The molecule has 0 atom stereocenters. The van der Waals surface area contributed by atoms with E-state index in [1.807, 2.05) is 12.1 Å². The Morgan fingerprint density at radius 2 is 1.91 bits per heavy atom. The van der Waals surface area contributed by atoms with Gasteiger partial charge in [-0.1, -0.05) is 36.5 Å². The lowest BCUT2D eigenvalue weighted by atomic mass is 10.1. The predicted octanol–water partition coefficient (Wildman–Crippen LogP) is 3.57. The molecule has 3 aromatic rings. The molecule has 0 unspecified atom stereocenters. The first-order valence-corrected chi connectivity index (χ1v) is 7.99. The summed E-state index contributed by atoms with van der Waals surface area (Å²) in [6.07, 6.45) is 1.03. The van der Waals surface area contributed by atoms with Gasteiger partial charge in [-0.05, 0) is 41.8 Å². The highest BCUT2D eigenvalue weighted by atomic mass is 32.1. The van der Waals surface area contributed by atoms with Gasteiger partial charge in [0.1, 0.15) is 0 Å². The molecule has 0 fully saturated rings. The van der Waals surface area contributed by atoms with Crippen LogP contribution >= 0.6 is 11.3 Å². The zero-order valence-corrected chi connectivity index (χ0v) is 13.1.